The van der Waals surface area contributed by atoms with Gasteiger partial charge in [-0.1, -0.05) is 13.8 Å². The minimum Gasteiger partial charge on any atom is -0.377 e. The molecule has 4 heteroatoms. The number of rotatable bonds is 5. The first-order valence-electron chi connectivity index (χ1n) is 8.01. The highest BCUT2D eigenvalue weighted by atomic mass is 16.5. The van der Waals surface area contributed by atoms with E-state index in [-0.39, 0.29) is 12.0 Å². The Morgan fingerprint density at radius 2 is 2.15 bits per heavy atom. The Hall–Kier alpha value is -0.610. The van der Waals surface area contributed by atoms with Crippen LogP contribution in [0.3, 0.4) is 0 Å². The first kappa shape index (κ1) is 15.8. The summed E-state index contributed by atoms with van der Waals surface area (Å²) in [7, 11) is 3.65. The summed E-state index contributed by atoms with van der Waals surface area (Å²) in [5.74, 6) is 2.20. The van der Waals surface area contributed by atoms with Crippen LogP contribution in [0.5, 0.6) is 0 Å². The predicted molar refractivity (Wildman–Crippen MR) is 80.5 cm³/mol. The smallest absolute Gasteiger partial charge is 0.224 e. The Bertz CT molecular complexity index is 330. The van der Waals surface area contributed by atoms with Crippen molar-refractivity contribution in [2.24, 2.45) is 17.8 Å². The van der Waals surface area contributed by atoms with Crippen LogP contribution in [-0.4, -0.2) is 62.1 Å². The van der Waals surface area contributed by atoms with Crippen molar-refractivity contribution in [2.45, 2.75) is 39.2 Å². The molecule has 2 fully saturated rings. The van der Waals surface area contributed by atoms with Crippen LogP contribution in [-0.2, 0) is 9.53 Å². The fourth-order valence-electron chi connectivity index (χ4n) is 3.37. The van der Waals surface area contributed by atoms with Gasteiger partial charge in [0.2, 0.25) is 5.91 Å². The molecule has 116 valence electrons. The van der Waals surface area contributed by atoms with E-state index in [2.05, 4.69) is 18.7 Å². The van der Waals surface area contributed by atoms with Crippen molar-refractivity contribution in [3.8, 4) is 0 Å². The highest BCUT2D eigenvalue weighted by Crippen LogP contribution is 2.36. The van der Waals surface area contributed by atoms with Gasteiger partial charge in [-0.15, -0.1) is 0 Å². The van der Waals surface area contributed by atoms with Crippen LogP contribution < -0.4 is 0 Å². The average molecular weight is 282 g/mol. The monoisotopic (exact) mass is 282 g/mol. The topological polar surface area (TPSA) is 32.8 Å². The summed E-state index contributed by atoms with van der Waals surface area (Å²) in [5, 5.41) is 0. The van der Waals surface area contributed by atoms with Gasteiger partial charge in [0, 0.05) is 26.6 Å². The number of piperidine rings is 1. The van der Waals surface area contributed by atoms with Gasteiger partial charge >= 0.3 is 0 Å². The van der Waals surface area contributed by atoms with Crippen molar-refractivity contribution in [3.63, 3.8) is 0 Å². The van der Waals surface area contributed by atoms with Crippen molar-refractivity contribution in [2.75, 3.05) is 40.3 Å². The highest BCUT2D eigenvalue weighted by Gasteiger charge is 2.41. The molecule has 0 unspecified atom stereocenters. The Morgan fingerprint density at radius 1 is 1.40 bits per heavy atom. The third kappa shape index (κ3) is 3.95. The van der Waals surface area contributed by atoms with Crippen LogP contribution in [0.1, 0.15) is 33.1 Å². The number of nitrogens with zero attached hydrogens (tertiary/aromatic N) is 2. The SMILES string of the molecule is CC(C)CCN1CC[C@@H]2[C@@H](CO[C@H]2CC(=O)N(C)C)C1. The zero-order valence-corrected chi connectivity index (χ0v) is 13.5. The molecule has 4 nitrogen and oxygen atoms in total. The number of carbonyl (C=O) groups excluding carboxylic acids is 1. The van der Waals surface area contributed by atoms with Crippen LogP contribution in [0.15, 0.2) is 0 Å². The average Bonchev–Trinajstić information content (AvgIpc) is 2.78. The molecule has 0 bridgehead atoms. The molecular weight excluding hydrogens is 252 g/mol. The fourth-order valence-corrected chi connectivity index (χ4v) is 3.37. The number of hydrogen-bond donors (Lipinski definition) is 0. The van der Waals surface area contributed by atoms with Gasteiger partial charge < -0.3 is 14.5 Å². The minimum absolute atomic E-state index is 0.155. The molecule has 0 saturated carbocycles. The highest BCUT2D eigenvalue weighted by molar-refractivity contribution is 5.76. The summed E-state index contributed by atoms with van der Waals surface area (Å²) < 4.78 is 5.92. The van der Waals surface area contributed by atoms with E-state index in [1.54, 1.807) is 4.90 Å². The maximum atomic E-state index is 11.9. The Balaban J connectivity index is 1.81. The van der Waals surface area contributed by atoms with E-state index in [0.29, 0.717) is 18.3 Å². The van der Waals surface area contributed by atoms with E-state index in [1.807, 2.05) is 14.1 Å². The number of hydrogen-bond acceptors (Lipinski definition) is 3. The lowest BCUT2D eigenvalue weighted by Crippen LogP contribution is -2.42. The zero-order chi connectivity index (χ0) is 14.7. The first-order chi connectivity index (χ1) is 9.47. The minimum atomic E-state index is 0.155. The van der Waals surface area contributed by atoms with Crippen molar-refractivity contribution in [3.05, 3.63) is 0 Å². The van der Waals surface area contributed by atoms with Gasteiger partial charge in [-0.3, -0.25) is 4.79 Å². The second-order valence-corrected chi connectivity index (χ2v) is 7.06. The first-order valence-corrected chi connectivity index (χ1v) is 8.01. The van der Waals surface area contributed by atoms with E-state index in [0.717, 1.165) is 19.1 Å². The second-order valence-electron chi connectivity index (χ2n) is 7.06. The summed E-state index contributed by atoms with van der Waals surface area (Å²) in [5.41, 5.74) is 0. The van der Waals surface area contributed by atoms with E-state index in [4.69, 9.17) is 4.74 Å². The van der Waals surface area contributed by atoms with Crippen molar-refractivity contribution in [1.82, 2.24) is 9.80 Å². The number of likely N-dealkylation sites (tertiary alicyclic amines) is 1. The van der Waals surface area contributed by atoms with Gasteiger partial charge in [0.25, 0.3) is 0 Å². The molecule has 2 heterocycles. The molecule has 3 atom stereocenters. The number of amides is 1. The van der Waals surface area contributed by atoms with Crippen LogP contribution in [0, 0.1) is 17.8 Å². The molecule has 2 saturated heterocycles. The number of carbonyl (C=O) groups is 1. The normalized spacial score (nSPS) is 30.6. The van der Waals surface area contributed by atoms with Gasteiger partial charge in [0.05, 0.1) is 19.1 Å². The number of fused-ring (bicyclic) bond motifs is 1. The molecule has 2 aliphatic heterocycles. The maximum Gasteiger partial charge on any atom is 0.224 e. The lowest BCUT2D eigenvalue weighted by atomic mass is 9.83. The largest absolute Gasteiger partial charge is 0.377 e. The van der Waals surface area contributed by atoms with Crippen molar-refractivity contribution in [1.29, 1.82) is 0 Å². The molecular formula is C16H30N2O2. The quantitative estimate of drug-likeness (QED) is 0.771. The predicted octanol–water partition coefficient (Wildman–Crippen LogP) is 1.85. The lowest BCUT2D eigenvalue weighted by Gasteiger charge is -2.36. The van der Waals surface area contributed by atoms with Crippen LogP contribution >= 0.6 is 0 Å². The fraction of sp³-hybridized carbons (Fsp3) is 0.938. The molecule has 1 amide bonds. The molecule has 20 heavy (non-hydrogen) atoms. The molecule has 2 rings (SSSR count). The van der Waals surface area contributed by atoms with Gasteiger partial charge in [0.15, 0.2) is 0 Å². The maximum absolute atomic E-state index is 11.9. The summed E-state index contributed by atoms with van der Waals surface area (Å²) >= 11 is 0. The van der Waals surface area contributed by atoms with Crippen molar-refractivity contribution >= 4 is 5.91 Å². The molecule has 0 aliphatic carbocycles. The van der Waals surface area contributed by atoms with Gasteiger partial charge in [-0.05, 0) is 37.8 Å². The Morgan fingerprint density at radius 3 is 2.80 bits per heavy atom. The molecule has 0 spiro atoms. The standard InChI is InChI=1S/C16H30N2O2/c1-12(2)5-7-18-8-6-14-13(10-18)11-20-15(14)9-16(19)17(3)4/h12-15H,5-11H2,1-4H3/t13-,14-,15+/m1/s1. The molecule has 0 aromatic heterocycles. The third-order valence-corrected chi connectivity index (χ3v) is 4.78. The lowest BCUT2D eigenvalue weighted by molar-refractivity contribution is -0.131. The van der Waals surface area contributed by atoms with E-state index < -0.39 is 0 Å². The van der Waals surface area contributed by atoms with Gasteiger partial charge in [-0.2, -0.15) is 0 Å². The Kier molecular flexibility index (Phi) is 5.44. The summed E-state index contributed by atoms with van der Waals surface area (Å²) in [6.45, 7) is 8.95. The third-order valence-electron chi connectivity index (χ3n) is 4.78. The van der Waals surface area contributed by atoms with Gasteiger partial charge in [-0.25, -0.2) is 0 Å². The van der Waals surface area contributed by atoms with E-state index in [1.165, 1.54) is 25.9 Å². The van der Waals surface area contributed by atoms with Crippen LogP contribution in [0.4, 0.5) is 0 Å². The molecule has 2 aliphatic rings. The molecule has 0 radical (unpaired) electrons. The molecule has 0 N–H and O–H groups in total. The Labute approximate surface area is 123 Å². The van der Waals surface area contributed by atoms with E-state index >= 15 is 0 Å². The zero-order valence-electron chi connectivity index (χ0n) is 13.5. The summed E-state index contributed by atoms with van der Waals surface area (Å²) in [4.78, 5) is 16.1. The molecule has 0 aromatic rings. The number of ether oxygens (including phenoxy) is 1. The van der Waals surface area contributed by atoms with Crippen molar-refractivity contribution < 1.29 is 9.53 Å². The summed E-state index contributed by atoms with van der Waals surface area (Å²) in [6, 6.07) is 0. The molecule has 0 aromatic carbocycles. The van der Waals surface area contributed by atoms with Crippen LogP contribution in [0.25, 0.3) is 0 Å². The second kappa shape index (κ2) is 6.90. The van der Waals surface area contributed by atoms with Gasteiger partial charge in [0.1, 0.15) is 0 Å². The summed E-state index contributed by atoms with van der Waals surface area (Å²) in [6.07, 6.45) is 3.18. The van der Waals surface area contributed by atoms with E-state index in [9.17, 15) is 4.79 Å². The van der Waals surface area contributed by atoms with Crippen LogP contribution in [0.2, 0.25) is 0 Å².